The molecule has 2 aliphatic rings. The molecule has 2 saturated carbocycles. The highest BCUT2D eigenvalue weighted by atomic mass is 32.1. The highest BCUT2D eigenvalue weighted by Gasteiger charge is 2.31. The Morgan fingerprint density at radius 2 is 1.30 bits per heavy atom. The second-order valence-electron chi connectivity index (χ2n) is 8.10. The molecule has 0 bridgehead atoms. The maximum Gasteiger partial charge on any atom is -0.00115 e. The van der Waals surface area contributed by atoms with E-state index in [0.29, 0.717) is 5.25 Å². The van der Waals surface area contributed by atoms with Gasteiger partial charge in [0.15, 0.2) is 0 Å². The van der Waals surface area contributed by atoms with Crippen molar-refractivity contribution in [1.29, 1.82) is 0 Å². The van der Waals surface area contributed by atoms with Gasteiger partial charge in [-0.15, -0.1) is 0 Å². The molecule has 0 aromatic rings. The molecule has 2 fully saturated rings. The Morgan fingerprint density at radius 3 is 1.80 bits per heavy atom. The fraction of sp³-hybridized carbons (Fsp3) is 1.00. The average Bonchev–Trinajstić information content (AvgIpc) is 2.46. The lowest BCUT2D eigenvalue weighted by Crippen LogP contribution is -2.27. The molecule has 0 aliphatic heterocycles. The normalized spacial score (nSPS) is 38.4. The van der Waals surface area contributed by atoms with Gasteiger partial charge in [-0.2, -0.15) is 12.6 Å². The topological polar surface area (TPSA) is 0 Å². The van der Waals surface area contributed by atoms with E-state index in [1.807, 2.05) is 0 Å². The largest absolute Gasteiger partial charge is 0.176 e. The predicted octanol–water partition coefficient (Wildman–Crippen LogP) is 6.35. The Morgan fingerprint density at radius 1 is 0.800 bits per heavy atom. The molecule has 0 amide bonds. The average molecular weight is 297 g/mol. The Kier molecular flexibility index (Phi) is 6.78. The van der Waals surface area contributed by atoms with E-state index in [9.17, 15) is 0 Å². The van der Waals surface area contributed by atoms with Crippen LogP contribution in [0.3, 0.4) is 0 Å². The summed E-state index contributed by atoms with van der Waals surface area (Å²) in [4.78, 5) is 0. The van der Waals surface area contributed by atoms with Crippen LogP contribution in [-0.2, 0) is 0 Å². The molecular weight excluding hydrogens is 260 g/mol. The van der Waals surface area contributed by atoms with E-state index in [0.717, 1.165) is 29.6 Å². The van der Waals surface area contributed by atoms with Crippen LogP contribution in [0.5, 0.6) is 0 Å². The van der Waals surface area contributed by atoms with Gasteiger partial charge in [-0.05, 0) is 86.2 Å². The Balaban J connectivity index is 1.69. The van der Waals surface area contributed by atoms with Crippen molar-refractivity contribution >= 4 is 12.6 Å². The van der Waals surface area contributed by atoms with Crippen molar-refractivity contribution in [3.05, 3.63) is 0 Å². The molecule has 0 saturated heterocycles. The fourth-order valence-electron chi connectivity index (χ4n) is 4.68. The van der Waals surface area contributed by atoms with Crippen molar-refractivity contribution in [2.45, 2.75) is 90.2 Å². The van der Waals surface area contributed by atoms with E-state index in [1.54, 1.807) is 0 Å². The van der Waals surface area contributed by atoms with Crippen LogP contribution >= 0.6 is 12.6 Å². The SMILES string of the molecule is CC(S)CCC(C)C1CCC(C2CCC(C)CC2)CC1. The summed E-state index contributed by atoms with van der Waals surface area (Å²) < 4.78 is 0. The van der Waals surface area contributed by atoms with Gasteiger partial charge in [-0.1, -0.05) is 33.6 Å². The summed E-state index contributed by atoms with van der Waals surface area (Å²) >= 11 is 4.53. The molecular formula is C19H36S. The minimum Gasteiger partial charge on any atom is -0.176 e. The molecule has 20 heavy (non-hydrogen) atoms. The number of hydrogen-bond donors (Lipinski definition) is 1. The highest BCUT2D eigenvalue weighted by molar-refractivity contribution is 7.80. The standard InChI is InChI=1S/C19H36S/c1-14-4-8-18(9-5-14)19-12-10-17(11-13-19)15(2)6-7-16(3)20/h14-20H,4-13H2,1-3H3. The first-order chi connectivity index (χ1) is 9.56. The van der Waals surface area contributed by atoms with Crippen LogP contribution in [0.4, 0.5) is 0 Å². The van der Waals surface area contributed by atoms with Crippen molar-refractivity contribution in [2.75, 3.05) is 0 Å². The minimum absolute atomic E-state index is 0.581. The Labute approximate surface area is 132 Å². The van der Waals surface area contributed by atoms with Gasteiger partial charge in [0.05, 0.1) is 0 Å². The quantitative estimate of drug-likeness (QED) is 0.561. The van der Waals surface area contributed by atoms with Gasteiger partial charge in [0.25, 0.3) is 0 Å². The van der Waals surface area contributed by atoms with Crippen LogP contribution in [0, 0.1) is 29.6 Å². The van der Waals surface area contributed by atoms with Gasteiger partial charge in [0.1, 0.15) is 0 Å². The van der Waals surface area contributed by atoms with Crippen molar-refractivity contribution in [2.24, 2.45) is 29.6 Å². The van der Waals surface area contributed by atoms with Gasteiger partial charge in [0, 0.05) is 0 Å². The monoisotopic (exact) mass is 296 g/mol. The van der Waals surface area contributed by atoms with Crippen LogP contribution in [0.15, 0.2) is 0 Å². The Bertz CT molecular complexity index is 257. The summed E-state index contributed by atoms with van der Waals surface area (Å²) in [7, 11) is 0. The van der Waals surface area contributed by atoms with Gasteiger partial charge in [-0.25, -0.2) is 0 Å². The van der Waals surface area contributed by atoms with Gasteiger partial charge in [-0.3, -0.25) is 0 Å². The zero-order valence-corrected chi connectivity index (χ0v) is 14.9. The van der Waals surface area contributed by atoms with E-state index in [-0.39, 0.29) is 0 Å². The zero-order chi connectivity index (χ0) is 14.5. The van der Waals surface area contributed by atoms with E-state index >= 15 is 0 Å². The van der Waals surface area contributed by atoms with Crippen LogP contribution in [0.1, 0.15) is 85.0 Å². The smallest absolute Gasteiger partial charge is 0.00115 e. The van der Waals surface area contributed by atoms with E-state index in [4.69, 9.17) is 0 Å². The first kappa shape index (κ1) is 16.7. The van der Waals surface area contributed by atoms with Crippen molar-refractivity contribution in [3.8, 4) is 0 Å². The third-order valence-corrected chi connectivity index (χ3v) is 6.65. The summed E-state index contributed by atoms with van der Waals surface area (Å²) in [5, 5.41) is 0.581. The molecule has 0 radical (unpaired) electrons. The first-order valence-electron chi connectivity index (χ1n) is 9.24. The number of thiol groups is 1. The van der Waals surface area contributed by atoms with Crippen molar-refractivity contribution in [1.82, 2.24) is 0 Å². The van der Waals surface area contributed by atoms with Crippen molar-refractivity contribution < 1.29 is 0 Å². The fourth-order valence-corrected chi connectivity index (χ4v) is 4.83. The lowest BCUT2D eigenvalue weighted by Gasteiger charge is -2.39. The van der Waals surface area contributed by atoms with Crippen LogP contribution in [-0.4, -0.2) is 5.25 Å². The highest BCUT2D eigenvalue weighted by Crippen LogP contribution is 2.43. The van der Waals surface area contributed by atoms with Crippen molar-refractivity contribution in [3.63, 3.8) is 0 Å². The van der Waals surface area contributed by atoms with Gasteiger partial charge < -0.3 is 0 Å². The third kappa shape index (κ3) is 4.97. The summed E-state index contributed by atoms with van der Waals surface area (Å²) in [5.74, 6) is 5.11. The second-order valence-corrected chi connectivity index (χ2v) is 8.98. The molecule has 0 spiro atoms. The minimum atomic E-state index is 0.581. The molecule has 0 heterocycles. The van der Waals surface area contributed by atoms with E-state index in [2.05, 4.69) is 33.4 Å². The molecule has 1 heteroatoms. The maximum atomic E-state index is 4.53. The van der Waals surface area contributed by atoms with Gasteiger partial charge >= 0.3 is 0 Å². The molecule has 2 unspecified atom stereocenters. The number of hydrogen-bond acceptors (Lipinski definition) is 1. The summed E-state index contributed by atoms with van der Waals surface area (Å²) in [6.07, 6.45) is 14.8. The summed E-state index contributed by atoms with van der Waals surface area (Å²) in [5.41, 5.74) is 0. The van der Waals surface area contributed by atoms with Crippen LogP contribution in [0.2, 0.25) is 0 Å². The molecule has 0 aromatic carbocycles. The number of rotatable bonds is 5. The van der Waals surface area contributed by atoms with E-state index < -0.39 is 0 Å². The molecule has 0 N–H and O–H groups in total. The lowest BCUT2D eigenvalue weighted by molar-refractivity contribution is 0.129. The maximum absolute atomic E-state index is 4.53. The van der Waals surface area contributed by atoms with Crippen LogP contribution < -0.4 is 0 Å². The third-order valence-electron chi connectivity index (χ3n) is 6.39. The summed E-state index contributed by atoms with van der Waals surface area (Å²) in [6, 6.07) is 0. The predicted molar refractivity (Wildman–Crippen MR) is 93.4 cm³/mol. The molecule has 118 valence electrons. The van der Waals surface area contributed by atoms with E-state index in [1.165, 1.54) is 64.2 Å². The molecule has 2 atom stereocenters. The summed E-state index contributed by atoms with van der Waals surface area (Å²) in [6.45, 7) is 7.16. The molecule has 0 nitrogen and oxygen atoms in total. The molecule has 2 aliphatic carbocycles. The second kappa shape index (κ2) is 8.11. The van der Waals surface area contributed by atoms with Crippen LogP contribution in [0.25, 0.3) is 0 Å². The first-order valence-corrected chi connectivity index (χ1v) is 9.76. The zero-order valence-electron chi connectivity index (χ0n) is 14.0. The van der Waals surface area contributed by atoms with Gasteiger partial charge in [0.2, 0.25) is 0 Å². The Hall–Kier alpha value is 0.350. The molecule has 2 rings (SSSR count). The lowest BCUT2D eigenvalue weighted by atomic mass is 9.67. The molecule has 0 aromatic heterocycles.